The van der Waals surface area contributed by atoms with Crippen LogP contribution in [0.2, 0.25) is 0 Å². The molecule has 0 aliphatic heterocycles. The van der Waals surface area contributed by atoms with Gasteiger partial charge in [-0.15, -0.1) is 0 Å². The Labute approximate surface area is 190 Å². The van der Waals surface area contributed by atoms with E-state index in [9.17, 15) is 0 Å². The van der Waals surface area contributed by atoms with E-state index < -0.39 is 0 Å². The molecule has 0 N–H and O–H groups in total. The van der Waals surface area contributed by atoms with Crippen molar-refractivity contribution in [1.29, 1.82) is 0 Å². The Morgan fingerprint density at radius 1 is 0.355 bits per heavy atom. The van der Waals surface area contributed by atoms with Gasteiger partial charge in [0, 0.05) is 5.92 Å². The van der Waals surface area contributed by atoms with Crippen LogP contribution in [0.15, 0.2) is 72.8 Å². The van der Waals surface area contributed by atoms with Crippen LogP contribution >= 0.6 is 0 Å². The van der Waals surface area contributed by atoms with Gasteiger partial charge in [-0.05, 0) is 49.6 Å². The molecule has 164 valence electrons. The highest BCUT2D eigenvalue weighted by Gasteiger charge is 2.21. The van der Waals surface area contributed by atoms with Crippen molar-refractivity contribution in [3.05, 3.63) is 106 Å². The minimum absolute atomic E-state index is 0.163. The SMILES string of the molecule is CC(C)(C)c1ccc(C(c2ccc(C(C)(C)C)cc2)c2ccc(C(C)(C)C)cc2)cc1. The summed E-state index contributed by atoms with van der Waals surface area (Å²) in [5.41, 5.74) is 8.66. The highest BCUT2D eigenvalue weighted by Crippen LogP contribution is 2.35. The van der Waals surface area contributed by atoms with E-state index in [4.69, 9.17) is 0 Å². The van der Waals surface area contributed by atoms with Gasteiger partial charge in [0.05, 0.1) is 0 Å². The summed E-state index contributed by atoms with van der Waals surface area (Å²) in [7, 11) is 0. The summed E-state index contributed by atoms with van der Waals surface area (Å²) < 4.78 is 0. The third-order valence-corrected chi connectivity index (χ3v) is 6.33. The largest absolute Gasteiger partial charge is 0.0582 e. The lowest BCUT2D eigenvalue weighted by Crippen LogP contribution is -2.13. The number of benzene rings is 3. The van der Waals surface area contributed by atoms with Gasteiger partial charge >= 0.3 is 0 Å². The van der Waals surface area contributed by atoms with E-state index >= 15 is 0 Å². The molecule has 0 unspecified atom stereocenters. The topological polar surface area (TPSA) is 0 Å². The van der Waals surface area contributed by atoms with E-state index in [0.29, 0.717) is 0 Å². The first-order valence-corrected chi connectivity index (χ1v) is 11.6. The monoisotopic (exact) mass is 412 g/mol. The standard InChI is InChI=1S/C31H40/c1-29(2,3)25-16-10-22(11-17-25)28(23-12-18-26(19-13-23)30(4,5)6)24-14-20-27(21-15-24)31(7,8)9/h10-21,28H,1-9H3. The predicted molar refractivity (Wildman–Crippen MR) is 136 cm³/mol. The van der Waals surface area contributed by atoms with E-state index in [-0.39, 0.29) is 22.2 Å². The normalized spacial score (nSPS) is 13.0. The first-order chi connectivity index (χ1) is 14.3. The minimum atomic E-state index is 0.163. The maximum atomic E-state index is 2.32. The maximum absolute atomic E-state index is 2.32. The third-order valence-electron chi connectivity index (χ3n) is 6.33. The summed E-state index contributed by atoms with van der Waals surface area (Å²) in [6.07, 6.45) is 0. The van der Waals surface area contributed by atoms with Crippen molar-refractivity contribution in [3.8, 4) is 0 Å². The fourth-order valence-electron chi connectivity index (χ4n) is 4.10. The fourth-order valence-corrected chi connectivity index (χ4v) is 4.10. The zero-order chi connectivity index (χ0) is 23.0. The van der Waals surface area contributed by atoms with E-state index in [1.807, 2.05) is 0 Å². The molecule has 0 amide bonds. The number of rotatable bonds is 3. The van der Waals surface area contributed by atoms with E-state index in [2.05, 4.69) is 135 Å². The Balaban J connectivity index is 2.08. The molecule has 0 aliphatic rings. The third kappa shape index (κ3) is 5.48. The van der Waals surface area contributed by atoms with Gasteiger partial charge < -0.3 is 0 Å². The molecule has 0 aromatic heterocycles. The maximum Gasteiger partial charge on any atom is 0.0339 e. The van der Waals surface area contributed by atoms with Crippen LogP contribution in [0.4, 0.5) is 0 Å². The lowest BCUT2D eigenvalue weighted by atomic mass is 9.79. The second kappa shape index (κ2) is 8.30. The average molecular weight is 413 g/mol. The van der Waals surface area contributed by atoms with Crippen molar-refractivity contribution in [2.75, 3.05) is 0 Å². The van der Waals surface area contributed by atoms with Gasteiger partial charge in [0.25, 0.3) is 0 Å². The average Bonchev–Trinajstić information content (AvgIpc) is 2.67. The molecule has 3 aromatic rings. The zero-order valence-electron chi connectivity index (χ0n) is 21.0. The Bertz CT molecular complexity index is 844. The van der Waals surface area contributed by atoms with Crippen LogP contribution in [0.5, 0.6) is 0 Å². The molecule has 0 aliphatic carbocycles. The highest BCUT2D eigenvalue weighted by atomic mass is 14.3. The molecule has 0 saturated carbocycles. The van der Waals surface area contributed by atoms with Crippen LogP contribution in [0, 0.1) is 0 Å². The molecule has 0 heteroatoms. The molecule has 0 fully saturated rings. The van der Waals surface area contributed by atoms with Crippen molar-refractivity contribution < 1.29 is 0 Å². The zero-order valence-corrected chi connectivity index (χ0v) is 21.0. The van der Waals surface area contributed by atoms with Crippen molar-refractivity contribution in [2.45, 2.75) is 84.5 Å². The van der Waals surface area contributed by atoms with Gasteiger partial charge in [-0.2, -0.15) is 0 Å². The van der Waals surface area contributed by atoms with Crippen molar-refractivity contribution in [3.63, 3.8) is 0 Å². The predicted octanol–water partition coefficient (Wildman–Crippen LogP) is 8.76. The summed E-state index contributed by atoms with van der Waals surface area (Å²) in [5.74, 6) is 0.233. The van der Waals surface area contributed by atoms with E-state index in [1.165, 1.54) is 33.4 Å². The quantitative estimate of drug-likeness (QED) is 0.377. The lowest BCUT2D eigenvalue weighted by molar-refractivity contribution is 0.589. The Morgan fingerprint density at radius 3 is 0.710 bits per heavy atom. The lowest BCUT2D eigenvalue weighted by Gasteiger charge is -2.25. The van der Waals surface area contributed by atoms with Crippen molar-refractivity contribution in [2.24, 2.45) is 0 Å². The molecule has 0 bridgehead atoms. The molecular weight excluding hydrogens is 372 g/mol. The Hall–Kier alpha value is -2.34. The highest BCUT2D eigenvalue weighted by molar-refractivity contribution is 5.46. The summed E-state index contributed by atoms with van der Waals surface area (Å²) in [6.45, 7) is 20.5. The Morgan fingerprint density at radius 2 is 0.548 bits per heavy atom. The van der Waals surface area contributed by atoms with Crippen LogP contribution in [-0.2, 0) is 16.2 Å². The molecule has 0 heterocycles. The smallest absolute Gasteiger partial charge is 0.0339 e. The van der Waals surface area contributed by atoms with Crippen molar-refractivity contribution >= 4 is 0 Å². The van der Waals surface area contributed by atoms with Gasteiger partial charge in [-0.25, -0.2) is 0 Å². The van der Waals surface area contributed by atoms with Gasteiger partial charge in [0.2, 0.25) is 0 Å². The van der Waals surface area contributed by atoms with Gasteiger partial charge in [0.1, 0.15) is 0 Å². The number of hydrogen-bond acceptors (Lipinski definition) is 0. The fraction of sp³-hybridized carbons (Fsp3) is 0.419. The molecule has 0 atom stereocenters. The second-order valence-electron chi connectivity index (χ2n) is 12.0. The molecule has 3 rings (SSSR count). The van der Waals surface area contributed by atoms with Crippen LogP contribution in [0.25, 0.3) is 0 Å². The van der Waals surface area contributed by atoms with Gasteiger partial charge in [-0.1, -0.05) is 135 Å². The molecule has 0 spiro atoms. The van der Waals surface area contributed by atoms with E-state index in [1.54, 1.807) is 0 Å². The van der Waals surface area contributed by atoms with Crippen molar-refractivity contribution in [1.82, 2.24) is 0 Å². The molecule has 0 saturated heterocycles. The summed E-state index contributed by atoms with van der Waals surface area (Å²) in [6, 6.07) is 27.7. The molecule has 0 radical (unpaired) electrons. The first kappa shape index (κ1) is 23.3. The van der Waals surface area contributed by atoms with Crippen LogP contribution in [-0.4, -0.2) is 0 Å². The Kier molecular flexibility index (Phi) is 6.25. The molecule has 0 nitrogen and oxygen atoms in total. The first-order valence-electron chi connectivity index (χ1n) is 11.6. The summed E-state index contributed by atoms with van der Waals surface area (Å²) in [5, 5.41) is 0. The van der Waals surface area contributed by atoms with Crippen LogP contribution < -0.4 is 0 Å². The summed E-state index contributed by atoms with van der Waals surface area (Å²) in [4.78, 5) is 0. The molecule has 3 aromatic carbocycles. The molecular formula is C31H40. The van der Waals surface area contributed by atoms with Crippen LogP contribution in [0.3, 0.4) is 0 Å². The minimum Gasteiger partial charge on any atom is -0.0582 e. The van der Waals surface area contributed by atoms with E-state index in [0.717, 1.165) is 0 Å². The number of hydrogen-bond donors (Lipinski definition) is 0. The molecule has 31 heavy (non-hydrogen) atoms. The second-order valence-corrected chi connectivity index (χ2v) is 12.0. The van der Waals surface area contributed by atoms with Gasteiger partial charge in [0.15, 0.2) is 0 Å². The summed E-state index contributed by atoms with van der Waals surface area (Å²) >= 11 is 0. The van der Waals surface area contributed by atoms with Crippen LogP contribution in [0.1, 0.15) is 102 Å². The van der Waals surface area contributed by atoms with Gasteiger partial charge in [-0.3, -0.25) is 0 Å².